The molecule has 0 aliphatic carbocycles. The first-order chi connectivity index (χ1) is 34.0. The first-order valence-electron chi connectivity index (χ1n) is 23.0. The number of rotatable bonds is 17. The maximum absolute atomic E-state index is 12.9. The Morgan fingerprint density at radius 2 is 0.778 bits per heavy atom. The number of carbonyl (C=O) groups is 2. The molecule has 32 nitrogen and oxygen atoms in total. The third-order valence-electron chi connectivity index (χ3n) is 13.2. The van der Waals surface area contributed by atoms with E-state index in [2.05, 4.69) is 10.6 Å². The van der Waals surface area contributed by atoms with E-state index in [4.69, 9.17) is 52.1 Å². The number of aliphatic hydroxyl groups excluding tert-OH is 17. The summed E-state index contributed by atoms with van der Waals surface area (Å²) >= 11 is 0. The molecule has 72 heavy (non-hydrogen) atoms. The number of hydrogen-bond acceptors (Lipinski definition) is 30. The van der Waals surface area contributed by atoms with E-state index in [0.29, 0.717) is 0 Å². The highest BCUT2D eigenvalue weighted by Gasteiger charge is 2.58. The second-order valence-corrected chi connectivity index (χ2v) is 18.3. The second-order valence-electron chi connectivity index (χ2n) is 18.3. The molecule has 0 radical (unpaired) electrons. The zero-order valence-electron chi connectivity index (χ0n) is 38.8. The van der Waals surface area contributed by atoms with Crippen LogP contribution in [0.5, 0.6) is 0 Å². The van der Waals surface area contributed by atoms with Crippen molar-refractivity contribution in [3.8, 4) is 0 Å². The number of amides is 2. The first kappa shape index (κ1) is 59.1. The van der Waals surface area contributed by atoms with Crippen LogP contribution in [0.2, 0.25) is 0 Å². The van der Waals surface area contributed by atoms with Crippen LogP contribution < -0.4 is 10.6 Å². The minimum absolute atomic E-state index is 0.695. The van der Waals surface area contributed by atoms with Crippen molar-refractivity contribution in [3.05, 3.63) is 0 Å². The molecule has 418 valence electrons. The zero-order valence-corrected chi connectivity index (χ0v) is 38.8. The van der Waals surface area contributed by atoms with Crippen molar-refractivity contribution in [3.63, 3.8) is 0 Å². The van der Waals surface area contributed by atoms with Gasteiger partial charge in [0.25, 0.3) is 0 Å². The molecule has 6 saturated heterocycles. The molecular weight excluding hydrogens is 988 g/mol. The molecule has 6 aliphatic heterocycles. The Kier molecular flexibility index (Phi) is 20.8. The summed E-state index contributed by atoms with van der Waals surface area (Å²) in [6.45, 7) is -1.24. The van der Waals surface area contributed by atoms with Crippen LogP contribution in [0.1, 0.15) is 20.8 Å². The van der Waals surface area contributed by atoms with Crippen molar-refractivity contribution in [1.29, 1.82) is 0 Å². The van der Waals surface area contributed by atoms with Crippen molar-refractivity contribution in [1.82, 2.24) is 10.6 Å². The molecule has 19 N–H and O–H groups in total. The SMILES string of the molecule is CC(=O)N[C@H]1[C@H](O[C@H]2[C@H](O)[C@H](O)[C@@H](OC[C@H]3O[C@@H](O[C@H]4[C@H](O)[C@@H](NC(C)=O)C(O)O[C@@H]4CO)[C@@H](O)[C@@H](O)[C@@H]3O)O[C@@H]2CO)O[C@H](CO)[C@@H](O[C@@H]2O[C@H](CO)[C@H](O)[C@H](O)[C@H]2O)[C@@H]1O[C@@H]1O[C@@H](C)[C@@H](O)[C@@H](O)[C@@H]1O. The molecule has 6 rings (SSSR count). The minimum atomic E-state index is -2.14. The summed E-state index contributed by atoms with van der Waals surface area (Å²) in [4.78, 5) is 24.6. The van der Waals surface area contributed by atoms with Gasteiger partial charge in [-0.3, -0.25) is 9.59 Å². The molecule has 0 saturated carbocycles. The van der Waals surface area contributed by atoms with Crippen LogP contribution in [-0.2, 0) is 61.7 Å². The average molecular weight is 1060 g/mol. The average Bonchev–Trinajstić information content (AvgIpc) is 3.34. The van der Waals surface area contributed by atoms with Gasteiger partial charge in [-0.2, -0.15) is 0 Å². The van der Waals surface area contributed by atoms with Crippen molar-refractivity contribution in [2.75, 3.05) is 33.0 Å². The van der Waals surface area contributed by atoms with Crippen LogP contribution in [0.25, 0.3) is 0 Å². The van der Waals surface area contributed by atoms with Gasteiger partial charge in [-0.05, 0) is 6.92 Å². The van der Waals surface area contributed by atoms with Gasteiger partial charge in [0.2, 0.25) is 11.8 Å². The van der Waals surface area contributed by atoms with Crippen molar-refractivity contribution < 1.29 is 149 Å². The molecular formula is C40H68N2O30. The van der Waals surface area contributed by atoms with Gasteiger partial charge in [0.05, 0.1) is 39.1 Å². The van der Waals surface area contributed by atoms with Gasteiger partial charge >= 0.3 is 0 Å². The fraction of sp³-hybridized carbons (Fsp3) is 0.950. The Bertz CT molecular complexity index is 1730. The summed E-state index contributed by atoms with van der Waals surface area (Å²) in [7, 11) is 0. The van der Waals surface area contributed by atoms with E-state index in [1.54, 1.807) is 0 Å². The number of carbonyl (C=O) groups excluding carboxylic acids is 2. The summed E-state index contributed by atoms with van der Waals surface area (Å²) in [6, 6.07) is -3.25. The number of nitrogens with one attached hydrogen (secondary N) is 2. The minimum Gasteiger partial charge on any atom is -0.394 e. The summed E-state index contributed by atoms with van der Waals surface area (Å²) in [6.07, 6.45) is -51.4. The molecule has 2 amide bonds. The van der Waals surface area contributed by atoms with Gasteiger partial charge in [0, 0.05) is 13.8 Å². The highest BCUT2D eigenvalue weighted by Crippen LogP contribution is 2.37. The summed E-state index contributed by atoms with van der Waals surface area (Å²) in [5.41, 5.74) is 0. The topological polar surface area (TPSA) is 504 Å². The first-order valence-corrected chi connectivity index (χ1v) is 23.0. The number of ether oxygens (including phenoxy) is 11. The van der Waals surface area contributed by atoms with Gasteiger partial charge in [0.1, 0.15) is 140 Å². The van der Waals surface area contributed by atoms with E-state index >= 15 is 0 Å². The van der Waals surface area contributed by atoms with Crippen LogP contribution in [0.4, 0.5) is 0 Å². The molecule has 6 heterocycles. The van der Waals surface area contributed by atoms with Gasteiger partial charge in [-0.15, -0.1) is 0 Å². The van der Waals surface area contributed by atoms with E-state index in [1.165, 1.54) is 6.92 Å². The summed E-state index contributed by atoms with van der Waals surface area (Å²) < 4.78 is 63.3. The van der Waals surface area contributed by atoms with Gasteiger partial charge < -0.3 is 150 Å². The summed E-state index contributed by atoms with van der Waals surface area (Å²) in [5.74, 6) is -1.54. The van der Waals surface area contributed by atoms with Gasteiger partial charge in [-0.25, -0.2) is 0 Å². The highest BCUT2D eigenvalue weighted by molar-refractivity contribution is 5.73. The normalized spacial score (nSPS) is 50.3. The Balaban J connectivity index is 1.20. The molecule has 0 aromatic rings. The van der Waals surface area contributed by atoms with E-state index in [-0.39, 0.29) is 0 Å². The largest absolute Gasteiger partial charge is 0.394 e. The Labute approximate surface area is 408 Å². The standard InChI is InChI=1S/C40H68N2O30/c1-9-19(49)23(53)27(57)38(63-9)72-34-18(42-11(3)48)36(66-15(7-46)33(34)71-39-28(58)24(54)20(50)12(4-43)65-39)69-32-14(6-45)67-37(30(60)26(32)56)62-8-16-21(51)25(55)29(59)40(68-16)70-31-13(5-44)64-35(61)17(22(31)52)41-10(2)47/h9,12-40,43-46,49-61H,4-8H2,1-3H3,(H,41,47)(H,42,48)/t9-,12+,13+,14+,15+,16+,17+,18+,19+,20-,21+,22+,23+,24-,25-,26+,27-,28+,29-,30-,31+,32+,33+,34+,35?,36-,37-,38-,39-,40-/m0/s1. The Morgan fingerprint density at radius 3 is 1.33 bits per heavy atom. The predicted molar refractivity (Wildman–Crippen MR) is 221 cm³/mol. The lowest BCUT2D eigenvalue weighted by atomic mass is 9.93. The molecule has 30 atom stereocenters. The zero-order chi connectivity index (χ0) is 53.2. The van der Waals surface area contributed by atoms with Crippen LogP contribution in [-0.4, -0.2) is 316 Å². The monoisotopic (exact) mass is 1060 g/mol. The molecule has 6 fully saturated rings. The quantitative estimate of drug-likeness (QED) is 0.0643. The highest BCUT2D eigenvalue weighted by atomic mass is 16.8. The van der Waals surface area contributed by atoms with Crippen LogP contribution in [0.3, 0.4) is 0 Å². The van der Waals surface area contributed by atoms with Gasteiger partial charge in [-0.1, -0.05) is 0 Å². The van der Waals surface area contributed by atoms with Crippen LogP contribution in [0, 0.1) is 0 Å². The third kappa shape index (κ3) is 12.6. The lowest BCUT2D eigenvalue weighted by Crippen LogP contribution is -2.71. The van der Waals surface area contributed by atoms with E-state index in [9.17, 15) is 96.4 Å². The third-order valence-corrected chi connectivity index (χ3v) is 13.2. The molecule has 32 heteroatoms. The molecule has 0 aromatic heterocycles. The Morgan fingerprint density at radius 1 is 0.389 bits per heavy atom. The maximum atomic E-state index is 12.9. The maximum Gasteiger partial charge on any atom is 0.217 e. The van der Waals surface area contributed by atoms with E-state index in [0.717, 1.165) is 13.8 Å². The van der Waals surface area contributed by atoms with Crippen LogP contribution in [0.15, 0.2) is 0 Å². The van der Waals surface area contributed by atoms with Crippen molar-refractivity contribution in [2.45, 2.75) is 205 Å². The van der Waals surface area contributed by atoms with Crippen molar-refractivity contribution in [2.24, 2.45) is 0 Å². The smallest absolute Gasteiger partial charge is 0.217 e. The number of aliphatic hydroxyl groups is 17. The molecule has 1 unspecified atom stereocenters. The second kappa shape index (κ2) is 25.3. The lowest BCUT2D eigenvalue weighted by molar-refractivity contribution is -0.387. The summed E-state index contributed by atoms with van der Waals surface area (Å²) in [5, 5.41) is 186. The fourth-order valence-corrected chi connectivity index (χ4v) is 9.16. The molecule has 6 aliphatic rings. The lowest BCUT2D eigenvalue weighted by Gasteiger charge is -2.51. The molecule has 0 spiro atoms. The number of hydrogen-bond donors (Lipinski definition) is 19. The Hall–Kier alpha value is -2.18. The van der Waals surface area contributed by atoms with Gasteiger partial charge in [0.15, 0.2) is 37.7 Å². The van der Waals surface area contributed by atoms with Crippen molar-refractivity contribution >= 4 is 11.8 Å². The molecule has 0 aromatic carbocycles. The van der Waals surface area contributed by atoms with E-state index in [1.807, 2.05) is 0 Å². The molecule has 0 bridgehead atoms. The van der Waals surface area contributed by atoms with Crippen LogP contribution >= 0.6 is 0 Å². The fourth-order valence-electron chi connectivity index (χ4n) is 9.16. The predicted octanol–water partition coefficient (Wildman–Crippen LogP) is -12.8. The van der Waals surface area contributed by atoms with E-state index < -0.39 is 229 Å².